The van der Waals surface area contributed by atoms with Crippen LogP contribution >= 0.6 is 27.3 Å². The number of fused-ring (bicyclic) bond motifs is 2. The van der Waals surface area contributed by atoms with Crippen molar-refractivity contribution in [3.05, 3.63) is 95.1 Å². The smallest absolute Gasteiger partial charge is 0.271 e. The predicted molar refractivity (Wildman–Crippen MR) is 174 cm³/mol. The van der Waals surface area contributed by atoms with E-state index in [4.69, 9.17) is 19.2 Å². The van der Waals surface area contributed by atoms with E-state index in [0.717, 1.165) is 21.9 Å². The molecule has 1 amide bonds. The molecule has 4 aromatic rings. The van der Waals surface area contributed by atoms with Gasteiger partial charge in [-0.1, -0.05) is 41.7 Å². The molecule has 1 aromatic heterocycles. The zero-order chi connectivity index (χ0) is 30.8. The summed E-state index contributed by atoms with van der Waals surface area (Å²) in [5, 5.41) is 1.89. The monoisotopic (exact) mass is 663 g/mol. The molecule has 10 heteroatoms. The number of hydrogen-bond acceptors (Lipinski definition) is 7. The average molecular weight is 665 g/mol. The molecule has 5 rings (SSSR count). The first-order valence-electron chi connectivity index (χ1n) is 14.2. The Hall–Kier alpha value is -3.89. The van der Waals surface area contributed by atoms with Gasteiger partial charge < -0.3 is 19.1 Å². The van der Waals surface area contributed by atoms with Crippen LogP contribution in [0.5, 0.6) is 17.2 Å². The molecule has 0 saturated heterocycles. The molecular formula is C33H34BrN3O5S. The lowest BCUT2D eigenvalue weighted by Crippen LogP contribution is -2.43. The highest BCUT2D eigenvalue weighted by molar-refractivity contribution is 9.10. The Morgan fingerprint density at radius 1 is 1.07 bits per heavy atom. The van der Waals surface area contributed by atoms with Crippen molar-refractivity contribution in [3.63, 3.8) is 0 Å². The first-order chi connectivity index (χ1) is 20.8. The van der Waals surface area contributed by atoms with Gasteiger partial charge in [-0.25, -0.2) is 4.99 Å². The van der Waals surface area contributed by atoms with Gasteiger partial charge in [-0.05, 0) is 84.2 Å². The number of amides is 1. The molecule has 0 radical (unpaired) electrons. The van der Waals surface area contributed by atoms with Gasteiger partial charge in [-0.2, -0.15) is 0 Å². The quantitative estimate of drug-likeness (QED) is 0.238. The number of methoxy groups -OCH3 is 2. The first-order valence-corrected chi connectivity index (χ1v) is 15.8. The zero-order valence-corrected chi connectivity index (χ0v) is 27.5. The van der Waals surface area contributed by atoms with Crippen LogP contribution in [0.25, 0.3) is 16.8 Å². The van der Waals surface area contributed by atoms with E-state index >= 15 is 0 Å². The third-order valence-electron chi connectivity index (χ3n) is 7.56. The molecule has 43 heavy (non-hydrogen) atoms. The van der Waals surface area contributed by atoms with Crippen molar-refractivity contribution in [2.24, 2.45) is 4.99 Å². The van der Waals surface area contributed by atoms with E-state index in [9.17, 15) is 9.59 Å². The molecule has 1 atom stereocenters. The van der Waals surface area contributed by atoms with Gasteiger partial charge in [0.25, 0.3) is 11.5 Å². The number of likely N-dealkylation sites (N-methyl/N-ethyl adjacent to an activating group) is 1. The van der Waals surface area contributed by atoms with Crippen LogP contribution in [-0.2, 0) is 4.79 Å². The molecule has 0 aliphatic carbocycles. The van der Waals surface area contributed by atoms with Crippen molar-refractivity contribution in [2.45, 2.75) is 33.7 Å². The SMILES string of the molecule is CCOc1cc(/C=c2/sc3n(c2=O)[C@H](c2c(OC)ccc4ccccc24)C(C(=O)N(CC)CC)=C(C)N=3)cc(Br)c1OC. The summed E-state index contributed by atoms with van der Waals surface area (Å²) in [6.07, 6.45) is 1.82. The summed E-state index contributed by atoms with van der Waals surface area (Å²) in [5.74, 6) is 1.60. The molecule has 0 spiro atoms. The largest absolute Gasteiger partial charge is 0.496 e. The lowest BCUT2D eigenvalue weighted by atomic mass is 9.90. The Bertz CT molecular complexity index is 1920. The van der Waals surface area contributed by atoms with Crippen LogP contribution in [0.4, 0.5) is 0 Å². The summed E-state index contributed by atoms with van der Waals surface area (Å²) < 4.78 is 20.0. The van der Waals surface area contributed by atoms with Gasteiger partial charge in [-0.3, -0.25) is 14.2 Å². The molecule has 0 saturated carbocycles. The summed E-state index contributed by atoms with van der Waals surface area (Å²) >= 11 is 4.86. The van der Waals surface area contributed by atoms with E-state index in [0.29, 0.717) is 62.0 Å². The fraction of sp³-hybridized carbons (Fsp3) is 0.303. The van der Waals surface area contributed by atoms with E-state index in [1.165, 1.54) is 11.3 Å². The Morgan fingerprint density at radius 2 is 1.81 bits per heavy atom. The molecule has 2 heterocycles. The second kappa shape index (κ2) is 12.8. The Balaban J connectivity index is 1.82. The fourth-order valence-corrected chi connectivity index (χ4v) is 7.24. The lowest BCUT2D eigenvalue weighted by molar-refractivity contribution is -0.127. The minimum absolute atomic E-state index is 0.152. The number of carbonyl (C=O) groups is 1. The van der Waals surface area contributed by atoms with Gasteiger partial charge in [0.05, 0.1) is 41.1 Å². The summed E-state index contributed by atoms with van der Waals surface area (Å²) in [5.41, 5.74) is 2.31. The highest BCUT2D eigenvalue weighted by Crippen LogP contribution is 2.41. The Labute approximate surface area is 262 Å². The predicted octanol–water partition coefficient (Wildman–Crippen LogP) is 5.44. The molecular weight excluding hydrogens is 630 g/mol. The van der Waals surface area contributed by atoms with Crippen molar-refractivity contribution in [2.75, 3.05) is 33.9 Å². The van der Waals surface area contributed by atoms with Gasteiger partial charge in [0.2, 0.25) is 0 Å². The second-order valence-corrected chi connectivity index (χ2v) is 11.8. The average Bonchev–Trinajstić information content (AvgIpc) is 3.30. The van der Waals surface area contributed by atoms with Crippen LogP contribution in [0.15, 0.2) is 74.1 Å². The number of benzene rings is 3. The molecule has 0 N–H and O–H groups in total. The number of halogens is 1. The van der Waals surface area contributed by atoms with Gasteiger partial charge in [0.1, 0.15) is 11.8 Å². The van der Waals surface area contributed by atoms with E-state index in [1.54, 1.807) is 23.7 Å². The van der Waals surface area contributed by atoms with Crippen molar-refractivity contribution in [1.29, 1.82) is 0 Å². The van der Waals surface area contributed by atoms with Crippen LogP contribution < -0.4 is 29.1 Å². The number of nitrogens with zero attached hydrogens (tertiary/aromatic N) is 3. The highest BCUT2D eigenvalue weighted by Gasteiger charge is 2.36. The van der Waals surface area contributed by atoms with Gasteiger partial charge >= 0.3 is 0 Å². The minimum atomic E-state index is -0.742. The molecule has 1 aliphatic heterocycles. The summed E-state index contributed by atoms with van der Waals surface area (Å²) in [4.78, 5) is 35.6. The van der Waals surface area contributed by atoms with Crippen LogP contribution in [0.1, 0.15) is 44.9 Å². The Kier molecular flexibility index (Phi) is 9.08. The van der Waals surface area contributed by atoms with Gasteiger partial charge in [-0.15, -0.1) is 0 Å². The van der Waals surface area contributed by atoms with Gasteiger partial charge in [0, 0.05) is 18.7 Å². The number of hydrogen-bond donors (Lipinski definition) is 0. The third kappa shape index (κ3) is 5.49. The normalized spacial score (nSPS) is 14.9. The second-order valence-electron chi connectivity index (χ2n) is 9.93. The molecule has 0 bridgehead atoms. The van der Waals surface area contributed by atoms with Crippen LogP contribution in [0.2, 0.25) is 0 Å². The maximum Gasteiger partial charge on any atom is 0.271 e. The summed E-state index contributed by atoms with van der Waals surface area (Å²) in [7, 11) is 3.19. The van der Waals surface area contributed by atoms with Crippen LogP contribution in [0, 0.1) is 0 Å². The van der Waals surface area contributed by atoms with E-state index in [-0.39, 0.29) is 11.5 Å². The molecule has 0 fully saturated rings. The standard InChI is InChI=1S/C33H34BrN3O5S/c1-7-36(8-2)32(39)27-19(4)35-33-37(29(27)28-22-13-11-10-12-21(22)14-15-24(28)40-5)31(38)26(43-33)18-20-16-23(34)30(41-6)25(17-20)42-9-3/h10-18,29H,7-9H2,1-6H3/b26-18+/t29-/m0/s1. The van der Waals surface area contributed by atoms with Crippen molar-refractivity contribution >= 4 is 50.0 Å². The lowest BCUT2D eigenvalue weighted by Gasteiger charge is -2.30. The summed E-state index contributed by atoms with van der Waals surface area (Å²) in [6.45, 7) is 9.16. The molecule has 1 aliphatic rings. The third-order valence-corrected chi connectivity index (χ3v) is 9.13. The minimum Gasteiger partial charge on any atom is -0.496 e. The fourth-order valence-electron chi connectivity index (χ4n) is 5.57. The number of ether oxygens (including phenoxy) is 3. The number of allylic oxidation sites excluding steroid dienone is 1. The van der Waals surface area contributed by atoms with Crippen molar-refractivity contribution < 1.29 is 19.0 Å². The molecule has 0 unspecified atom stereocenters. The first kappa shape index (κ1) is 30.6. The molecule has 3 aromatic carbocycles. The number of carbonyl (C=O) groups excluding carboxylic acids is 1. The summed E-state index contributed by atoms with van der Waals surface area (Å²) in [6, 6.07) is 14.8. The number of aromatic nitrogens is 1. The van der Waals surface area contributed by atoms with Gasteiger partial charge in [0.15, 0.2) is 16.3 Å². The van der Waals surface area contributed by atoms with Crippen molar-refractivity contribution in [1.82, 2.24) is 9.47 Å². The Morgan fingerprint density at radius 3 is 2.49 bits per heavy atom. The zero-order valence-electron chi connectivity index (χ0n) is 25.1. The van der Waals surface area contributed by atoms with E-state index in [2.05, 4.69) is 15.9 Å². The highest BCUT2D eigenvalue weighted by atomic mass is 79.9. The molecule has 224 valence electrons. The number of thiazole rings is 1. The maximum absolute atomic E-state index is 14.4. The van der Waals surface area contributed by atoms with E-state index in [1.807, 2.05) is 82.3 Å². The van der Waals surface area contributed by atoms with Crippen molar-refractivity contribution in [3.8, 4) is 17.2 Å². The molecule has 8 nitrogen and oxygen atoms in total. The van der Waals surface area contributed by atoms with Crippen LogP contribution in [0.3, 0.4) is 0 Å². The van der Waals surface area contributed by atoms with E-state index < -0.39 is 6.04 Å². The maximum atomic E-state index is 14.4. The topological polar surface area (TPSA) is 82.4 Å². The van der Waals surface area contributed by atoms with Crippen LogP contribution in [-0.4, -0.2) is 49.3 Å². The number of rotatable bonds is 9.